The molecule has 4 rings (SSSR count). The SMILES string of the molecule is CCCCCCCCCCCCOc1ccc(S(=O)(=O)Nc2cccc(C(=O)NC3(c4c(Cl)cc(Cl)cc4Cl)CC(=O)N=N3)c2)cc1. The van der Waals surface area contributed by atoms with Gasteiger partial charge in [-0.25, -0.2) is 8.42 Å². The van der Waals surface area contributed by atoms with Crippen LogP contribution in [0.3, 0.4) is 0 Å². The van der Waals surface area contributed by atoms with Gasteiger partial charge in [0.05, 0.1) is 28.0 Å². The summed E-state index contributed by atoms with van der Waals surface area (Å²) in [5.74, 6) is -0.647. The molecule has 2 amide bonds. The molecule has 1 aliphatic rings. The lowest BCUT2D eigenvalue weighted by atomic mass is 9.96. The van der Waals surface area contributed by atoms with Gasteiger partial charge in [-0.1, -0.05) is 106 Å². The molecule has 2 N–H and O–H groups in total. The highest BCUT2D eigenvalue weighted by molar-refractivity contribution is 7.92. The summed E-state index contributed by atoms with van der Waals surface area (Å²) in [6, 6.07) is 14.9. The summed E-state index contributed by atoms with van der Waals surface area (Å²) in [7, 11) is -3.98. The number of sulfonamides is 1. The van der Waals surface area contributed by atoms with Crippen molar-refractivity contribution >= 4 is 62.3 Å². The first kappa shape index (κ1) is 36.7. The van der Waals surface area contributed by atoms with Crippen LogP contribution in [0.4, 0.5) is 5.69 Å². The average molecular weight is 722 g/mol. The molecule has 9 nitrogen and oxygen atoms in total. The highest BCUT2D eigenvalue weighted by atomic mass is 35.5. The van der Waals surface area contributed by atoms with E-state index in [0.29, 0.717) is 12.4 Å². The Bertz CT molecular complexity index is 1660. The van der Waals surface area contributed by atoms with E-state index in [1.54, 1.807) is 12.1 Å². The number of halogens is 3. The summed E-state index contributed by atoms with van der Waals surface area (Å²) in [5.41, 5.74) is -1.25. The number of unbranched alkanes of at least 4 members (excludes halogenated alkanes) is 9. The Hall–Kier alpha value is -3.18. The number of nitrogens with one attached hydrogen (secondary N) is 2. The molecule has 0 aliphatic carbocycles. The quantitative estimate of drug-likeness (QED) is 0.127. The van der Waals surface area contributed by atoms with Crippen molar-refractivity contribution in [1.82, 2.24) is 5.32 Å². The van der Waals surface area contributed by atoms with E-state index >= 15 is 0 Å². The molecule has 0 saturated carbocycles. The molecule has 13 heteroatoms. The fourth-order valence-corrected chi connectivity index (χ4v) is 7.51. The molecule has 47 heavy (non-hydrogen) atoms. The maximum atomic E-state index is 13.4. The number of rotatable bonds is 18. The number of carbonyl (C=O) groups is 2. The minimum atomic E-state index is -3.98. The number of nitrogens with zero attached hydrogens (tertiary/aromatic N) is 2. The van der Waals surface area contributed by atoms with E-state index in [-0.39, 0.29) is 43.2 Å². The molecule has 0 spiro atoms. The van der Waals surface area contributed by atoms with Crippen LogP contribution < -0.4 is 14.8 Å². The molecule has 0 saturated heterocycles. The molecule has 0 bridgehead atoms. The predicted octanol–water partition coefficient (Wildman–Crippen LogP) is 9.71. The normalized spacial score (nSPS) is 16.0. The summed E-state index contributed by atoms with van der Waals surface area (Å²) < 4.78 is 34.6. The largest absolute Gasteiger partial charge is 0.494 e. The van der Waals surface area contributed by atoms with E-state index in [1.807, 2.05) is 0 Å². The molecule has 252 valence electrons. The van der Waals surface area contributed by atoms with Crippen molar-refractivity contribution in [1.29, 1.82) is 0 Å². The number of benzene rings is 3. The van der Waals surface area contributed by atoms with E-state index in [4.69, 9.17) is 39.5 Å². The molecule has 0 fully saturated rings. The van der Waals surface area contributed by atoms with Gasteiger partial charge >= 0.3 is 0 Å². The maximum absolute atomic E-state index is 13.4. The minimum Gasteiger partial charge on any atom is -0.494 e. The second-order valence-corrected chi connectivity index (χ2v) is 14.5. The van der Waals surface area contributed by atoms with Crippen molar-refractivity contribution < 1.29 is 22.7 Å². The molecule has 0 radical (unpaired) electrons. The Morgan fingerprint density at radius 3 is 2.09 bits per heavy atom. The Balaban J connectivity index is 1.32. The Labute approximate surface area is 291 Å². The highest BCUT2D eigenvalue weighted by Crippen LogP contribution is 2.42. The Kier molecular flexibility index (Phi) is 13.5. The minimum absolute atomic E-state index is 0.0366. The van der Waals surface area contributed by atoms with Crippen molar-refractivity contribution in [2.75, 3.05) is 11.3 Å². The zero-order chi connectivity index (χ0) is 33.9. The second kappa shape index (κ2) is 17.3. The van der Waals surface area contributed by atoms with E-state index in [2.05, 4.69) is 27.2 Å². The average Bonchev–Trinajstić information content (AvgIpc) is 3.39. The fourth-order valence-electron chi connectivity index (χ4n) is 5.33. The van der Waals surface area contributed by atoms with Crippen LogP contribution in [0.2, 0.25) is 15.1 Å². The van der Waals surface area contributed by atoms with E-state index in [9.17, 15) is 18.0 Å². The number of ether oxygens (including phenoxy) is 1. The van der Waals surface area contributed by atoms with E-state index in [1.165, 1.54) is 99.9 Å². The van der Waals surface area contributed by atoms with Gasteiger partial charge in [-0.05, 0) is 61.0 Å². The van der Waals surface area contributed by atoms with Crippen LogP contribution in [0.15, 0.2) is 75.8 Å². The highest BCUT2D eigenvalue weighted by Gasteiger charge is 2.44. The number of hydrogen-bond acceptors (Lipinski definition) is 6. The lowest BCUT2D eigenvalue weighted by molar-refractivity contribution is -0.117. The zero-order valence-corrected chi connectivity index (χ0v) is 29.3. The van der Waals surface area contributed by atoms with Crippen molar-refractivity contribution in [3.8, 4) is 5.75 Å². The molecule has 1 heterocycles. The van der Waals surface area contributed by atoms with Crippen molar-refractivity contribution in [3.63, 3.8) is 0 Å². The molecule has 3 aromatic carbocycles. The van der Waals surface area contributed by atoms with Gasteiger partial charge in [-0.3, -0.25) is 14.3 Å². The van der Waals surface area contributed by atoms with Crippen LogP contribution in [-0.2, 0) is 20.5 Å². The second-order valence-electron chi connectivity index (χ2n) is 11.5. The summed E-state index contributed by atoms with van der Waals surface area (Å²) in [4.78, 5) is 25.6. The lowest BCUT2D eigenvalue weighted by Crippen LogP contribution is -2.44. The van der Waals surface area contributed by atoms with Gasteiger partial charge in [-0.2, -0.15) is 5.11 Å². The van der Waals surface area contributed by atoms with Gasteiger partial charge in [0.2, 0.25) is 0 Å². The topological polar surface area (TPSA) is 126 Å². The number of hydrogen-bond donors (Lipinski definition) is 2. The van der Waals surface area contributed by atoms with Gasteiger partial charge in [0.1, 0.15) is 5.75 Å². The summed E-state index contributed by atoms with van der Waals surface area (Å²) in [6.07, 6.45) is 12.1. The summed E-state index contributed by atoms with van der Waals surface area (Å²) in [5, 5.41) is 10.8. The van der Waals surface area contributed by atoms with E-state index < -0.39 is 27.5 Å². The molecular formula is C34H39Cl3N4O5S. The molecule has 1 atom stereocenters. The first-order chi connectivity index (χ1) is 22.5. The van der Waals surface area contributed by atoms with Crippen LogP contribution in [0, 0.1) is 0 Å². The molecular weight excluding hydrogens is 683 g/mol. The number of anilines is 1. The third-order valence-electron chi connectivity index (χ3n) is 7.76. The molecule has 1 unspecified atom stereocenters. The van der Waals surface area contributed by atoms with Crippen LogP contribution in [-0.4, -0.2) is 26.8 Å². The van der Waals surface area contributed by atoms with Gasteiger partial charge in [0, 0.05) is 21.8 Å². The first-order valence-electron chi connectivity index (χ1n) is 15.8. The fraction of sp³-hybridized carbons (Fsp3) is 0.412. The smallest absolute Gasteiger partial charge is 0.269 e. The lowest BCUT2D eigenvalue weighted by Gasteiger charge is -2.27. The molecule has 0 aromatic heterocycles. The third-order valence-corrected chi connectivity index (χ3v) is 9.97. The van der Waals surface area contributed by atoms with Crippen molar-refractivity contribution in [2.24, 2.45) is 10.2 Å². The Morgan fingerprint density at radius 1 is 0.872 bits per heavy atom. The molecule has 3 aromatic rings. The number of azo groups is 1. The van der Waals surface area contributed by atoms with Gasteiger partial charge < -0.3 is 10.1 Å². The number of amides is 2. The predicted molar refractivity (Wildman–Crippen MR) is 186 cm³/mol. The summed E-state index contributed by atoms with van der Waals surface area (Å²) in [6.45, 7) is 2.80. The zero-order valence-electron chi connectivity index (χ0n) is 26.2. The standard InChI is InChI=1S/C34H39Cl3N4O5S/c1-2-3-4-5-6-7-8-9-10-11-19-46-27-15-17-28(18-16-27)47(44,45)40-26-14-12-13-24(20-26)33(43)38-34(23-31(42)39-41-34)32-29(36)21-25(35)22-30(32)37/h12-18,20-22,40H,2-11,19,23H2,1H3,(H,38,43). The van der Waals surface area contributed by atoms with Crippen LogP contribution >= 0.6 is 34.8 Å². The molecule has 1 aliphatic heterocycles. The van der Waals surface area contributed by atoms with Crippen LogP contribution in [0.25, 0.3) is 0 Å². The van der Waals surface area contributed by atoms with Crippen molar-refractivity contribution in [2.45, 2.75) is 88.1 Å². The van der Waals surface area contributed by atoms with Gasteiger partial charge in [0.25, 0.3) is 21.8 Å². The van der Waals surface area contributed by atoms with Crippen molar-refractivity contribution in [3.05, 3.63) is 86.9 Å². The van der Waals surface area contributed by atoms with Crippen LogP contribution in [0.5, 0.6) is 5.75 Å². The number of carbonyl (C=O) groups excluding carboxylic acids is 2. The van der Waals surface area contributed by atoms with Gasteiger partial charge in [-0.15, -0.1) is 5.11 Å². The third kappa shape index (κ3) is 10.4. The van der Waals surface area contributed by atoms with E-state index in [0.717, 1.165) is 12.8 Å². The monoisotopic (exact) mass is 720 g/mol. The van der Waals surface area contributed by atoms with Gasteiger partial charge in [0.15, 0.2) is 5.66 Å². The summed E-state index contributed by atoms with van der Waals surface area (Å²) >= 11 is 18.8. The first-order valence-corrected chi connectivity index (χ1v) is 18.4. The van der Waals surface area contributed by atoms with Crippen LogP contribution in [0.1, 0.15) is 93.5 Å². The Morgan fingerprint density at radius 2 is 1.49 bits per heavy atom. The maximum Gasteiger partial charge on any atom is 0.269 e.